The lowest BCUT2D eigenvalue weighted by atomic mass is 9.70. The van der Waals surface area contributed by atoms with Crippen molar-refractivity contribution in [2.24, 2.45) is 16.7 Å². The number of rotatable bonds is 1. The Balaban J connectivity index is 2.59. The average molecular weight is 280 g/mol. The van der Waals surface area contributed by atoms with Crippen LogP contribution >= 0.6 is 27.5 Å². The molecule has 2 aliphatic rings. The third-order valence-corrected chi connectivity index (χ3v) is 5.59. The fourth-order valence-corrected chi connectivity index (χ4v) is 4.94. The number of alkyl halides is 1. The molecule has 2 bridgehead atoms. The summed E-state index contributed by atoms with van der Waals surface area (Å²) in [5, 5.41) is -0.475. The van der Waals surface area contributed by atoms with Crippen LogP contribution < -0.4 is 0 Å². The molecule has 0 saturated heterocycles. The first-order valence-corrected chi connectivity index (χ1v) is 6.03. The van der Waals surface area contributed by atoms with E-state index < -0.39 is 10.7 Å². The van der Waals surface area contributed by atoms with E-state index >= 15 is 0 Å². The zero-order valence-corrected chi connectivity index (χ0v) is 10.5. The second-order valence-corrected chi connectivity index (χ2v) is 6.14. The maximum absolute atomic E-state index is 12.0. The lowest BCUT2D eigenvalue weighted by Crippen LogP contribution is -2.42. The van der Waals surface area contributed by atoms with E-state index in [-0.39, 0.29) is 21.9 Å². The Kier molecular flexibility index (Phi) is 2.14. The summed E-state index contributed by atoms with van der Waals surface area (Å²) in [5.41, 5.74) is -1.22. The maximum Gasteiger partial charge on any atom is 0.235 e. The second kappa shape index (κ2) is 2.82. The molecule has 0 radical (unpaired) electrons. The molecule has 0 spiro atoms. The number of fused-ring (bicyclic) bond motifs is 2. The van der Waals surface area contributed by atoms with Crippen LogP contribution in [0.3, 0.4) is 0 Å². The van der Waals surface area contributed by atoms with Crippen molar-refractivity contribution in [3.63, 3.8) is 0 Å². The summed E-state index contributed by atoms with van der Waals surface area (Å²) in [6.45, 7) is 3.95. The van der Waals surface area contributed by atoms with Crippen molar-refractivity contribution in [3.05, 3.63) is 0 Å². The van der Waals surface area contributed by atoms with Crippen molar-refractivity contribution >= 4 is 38.6 Å². The highest BCUT2D eigenvalue weighted by atomic mass is 79.9. The van der Waals surface area contributed by atoms with E-state index in [1.165, 1.54) is 0 Å². The van der Waals surface area contributed by atoms with Gasteiger partial charge in [0.1, 0.15) is 5.41 Å². The number of carbonyl (C=O) groups is 2. The fraction of sp³-hybridized carbons (Fsp3) is 0.800. The topological polar surface area (TPSA) is 34.1 Å². The Hall–Kier alpha value is 0.110. The largest absolute Gasteiger partial charge is 0.297 e. The summed E-state index contributed by atoms with van der Waals surface area (Å²) in [6.07, 6.45) is 1.53. The zero-order chi connectivity index (χ0) is 10.7. The minimum atomic E-state index is -0.923. The Bertz CT molecular complexity index is 326. The second-order valence-electron chi connectivity index (χ2n) is 4.81. The predicted molar refractivity (Wildman–Crippen MR) is 57.5 cm³/mol. The van der Waals surface area contributed by atoms with E-state index in [9.17, 15) is 9.59 Å². The highest BCUT2D eigenvalue weighted by Crippen LogP contribution is 2.66. The molecule has 0 aromatic rings. The van der Waals surface area contributed by atoms with Gasteiger partial charge in [0.25, 0.3) is 0 Å². The molecule has 0 unspecified atom stereocenters. The van der Waals surface area contributed by atoms with Crippen molar-refractivity contribution in [1.82, 2.24) is 0 Å². The van der Waals surface area contributed by atoms with Gasteiger partial charge in [-0.05, 0) is 35.8 Å². The predicted octanol–water partition coefficient (Wildman–Crippen LogP) is 2.52. The monoisotopic (exact) mass is 278 g/mol. The van der Waals surface area contributed by atoms with Gasteiger partial charge in [0.2, 0.25) is 5.24 Å². The molecule has 2 nitrogen and oxygen atoms in total. The van der Waals surface area contributed by atoms with Gasteiger partial charge in [-0.3, -0.25) is 9.59 Å². The van der Waals surface area contributed by atoms with Gasteiger partial charge in [0, 0.05) is 0 Å². The SMILES string of the molecule is CC1(C)[C@@H]2CC[C@@]1(C(=O)Cl)C(=O)[C@H]2Br. The standard InChI is InChI=1S/C10H12BrClO2/c1-9(2)5-3-4-10(9,8(12)14)7(13)6(5)11/h5-6H,3-4H2,1-2H3/t5-,6+,10+/m1/s1. The molecule has 0 heterocycles. The smallest absolute Gasteiger partial charge is 0.235 e. The number of hydrogen-bond acceptors (Lipinski definition) is 2. The van der Waals surface area contributed by atoms with Gasteiger partial charge < -0.3 is 0 Å². The summed E-state index contributed by atoms with van der Waals surface area (Å²) in [6, 6.07) is 0. The van der Waals surface area contributed by atoms with E-state index in [4.69, 9.17) is 11.6 Å². The first-order chi connectivity index (χ1) is 6.35. The maximum atomic E-state index is 12.0. The molecule has 14 heavy (non-hydrogen) atoms. The molecule has 0 aromatic carbocycles. The summed E-state index contributed by atoms with van der Waals surface area (Å²) < 4.78 is 0. The van der Waals surface area contributed by atoms with Gasteiger partial charge in [0.15, 0.2) is 5.78 Å². The van der Waals surface area contributed by atoms with Crippen LogP contribution in [0.5, 0.6) is 0 Å². The summed E-state index contributed by atoms with van der Waals surface area (Å²) >= 11 is 9.01. The van der Waals surface area contributed by atoms with E-state index in [0.717, 1.165) is 6.42 Å². The zero-order valence-electron chi connectivity index (χ0n) is 8.14. The van der Waals surface area contributed by atoms with Gasteiger partial charge in [-0.2, -0.15) is 0 Å². The third-order valence-electron chi connectivity index (χ3n) is 4.22. The van der Waals surface area contributed by atoms with Crippen LogP contribution in [0.25, 0.3) is 0 Å². The van der Waals surface area contributed by atoms with Crippen molar-refractivity contribution in [1.29, 1.82) is 0 Å². The first-order valence-electron chi connectivity index (χ1n) is 4.74. The molecular formula is C10H12BrClO2. The Morgan fingerprint density at radius 3 is 2.43 bits per heavy atom. The number of halogens is 2. The highest BCUT2D eigenvalue weighted by molar-refractivity contribution is 9.10. The Labute approximate surface area is 96.5 Å². The molecule has 0 amide bonds. The molecule has 2 rings (SSSR count). The minimum absolute atomic E-state index is 0.0150. The molecule has 0 N–H and O–H groups in total. The van der Waals surface area contributed by atoms with Gasteiger partial charge in [-0.1, -0.05) is 29.8 Å². The molecule has 2 saturated carbocycles. The molecule has 0 aromatic heterocycles. The number of carbonyl (C=O) groups excluding carboxylic acids is 2. The van der Waals surface area contributed by atoms with Gasteiger partial charge in [-0.25, -0.2) is 0 Å². The van der Waals surface area contributed by atoms with E-state index in [2.05, 4.69) is 15.9 Å². The Morgan fingerprint density at radius 1 is 1.57 bits per heavy atom. The van der Waals surface area contributed by atoms with Gasteiger partial charge >= 0.3 is 0 Å². The molecule has 2 aliphatic carbocycles. The minimum Gasteiger partial charge on any atom is -0.297 e. The first kappa shape index (κ1) is 10.6. The average Bonchev–Trinajstić information content (AvgIpc) is 2.41. The summed E-state index contributed by atoms with van der Waals surface area (Å²) in [4.78, 5) is 23.3. The van der Waals surface area contributed by atoms with Gasteiger partial charge in [0.05, 0.1) is 4.83 Å². The molecular weight excluding hydrogens is 267 g/mol. The van der Waals surface area contributed by atoms with E-state index in [1.54, 1.807) is 0 Å². The third kappa shape index (κ3) is 0.884. The van der Waals surface area contributed by atoms with Crippen molar-refractivity contribution in [2.45, 2.75) is 31.5 Å². The van der Waals surface area contributed by atoms with Gasteiger partial charge in [-0.15, -0.1) is 0 Å². The van der Waals surface area contributed by atoms with Crippen molar-refractivity contribution < 1.29 is 9.59 Å². The lowest BCUT2D eigenvalue weighted by Gasteiger charge is -2.32. The Morgan fingerprint density at radius 2 is 2.14 bits per heavy atom. The van der Waals surface area contributed by atoms with Crippen LogP contribution in [0.2, 0.25) is 0 Å². The van der Waals surface area contributed by atoms with Crippen LogP contribution in [-0.2, 0) is 9.59 Å². The number of Topliss-reactive ketones (excluding diaryl/α,β-unsaturated/α-hetero) is 1. The number of hydrogen-bond donors (Lipinski definition) is 0. The van der Waals surface area contributed by atoms with Crippen molar-refractivity contribution in [3.8, 4) is 0 Å². The van der Waals surface area contributed by atoms with Crippen LogP contribution in [-0.4, -0.2) is 15.9 Å². The van der Waals surface area contributed by atoms with Crippen molar-refractivity contribution in [2.75, 3.05) is 0 Å². The quantitative estimate of drug-likeness (QED) is 0.420. The summed E-state index contributed by atoms with van der Waals surface area (Å²) in [7, 11) is 0. The van der Waals surface area contributed by atoms with E-state index in [0.29, 0.717) is 6.42 Å². The fourth-order valence-electron chi connectivity index (χ4n) is 3.19. The lowest BCUT2D eigenvalue weighted by molar-refractivity contribution is -0.138. The van der Waals surface area contributed by atoms with E-state index in [1.807, 2.05) is 13.8 Å². The van der Waals surface area contributed by atoms with Crippen LogP contribution in [0.15, 0.2) is 0 Å². The molecule has 4 heteroatoms. The molecule has 3 atom stereocenters. The van der Waals surface area contributed by atoms with Crippen LogP contribution in [0, 0.1) is 16.7 Å². The van der Waals surface area contributed by atoms with Crippen LogP contribution in [0.4, 0.5) is 0 Å². The molecule has 2 fully saturated rings. The normalized spacial score (nSPS) is 44.4. The van der Waals surface area contributed by atoms with Crippen LogP contribution in [0.1, 0.15) is 26.7 Å². The number of ketones is 1. The summed E-state index contributed by atoms with van der Waals surface area (Å²) in [5.74, 6) is 0.233. The highest BCUT2D eigenvalue weighted by Gasteiger charge is 2.71. The molecule has 0 aliphatic heterocycles. The molecule has 78 valence electrons.